The fourth-order valence-electron chi connectivity index (χ4n) is 1.02. The molecule has 2 heterocycles. The van der Waals surface area contributed by atoms with Crippen molar-refractivity contribution in [3.05, 3.63) is 22.7 Å². The zero-order valence-electron chi connectivity index (χ0n) is 6.29. The molecule has 0 aliphatic carbocycles. The Balaban J connectivity index is 0.000000720. The molecule has 63 valence electrons. The SMILES string of the molecule is Cc1cc2[c-]nc(=S)[nH]c2[nH]1.[Ru+]. The van der Waals surface area contributed by atoms with Crippen molar-refractivity contribution in [2.45, 2.75) is 6.92 Å². The van der Waals surface area contributed by atoms with Gasteiger partial charge in [-0.3, -0.25) is 0 Å². The van der Waals surface area contributed by atoms with Crippen LogP contribution in [0.5, 0.6) is 0 Å². The van der Waals surface area contributed by atoms with Gasteiger partial charge in [0.1, 0.15) is 4.77 Å². The van der Waals surface area contributed by atoms with E-state index in [9.17, 15) is 0 Å². The summed E-state index contributed by atoms with van der Waals surface area (Å²) in [6.07, 6.45) is 2.82. The van der Waals surface area contributed by atoms with Gasteiger partial charge in [0.05, 0.1) is 0 Å². The van der Waals surface area contributed by atoms with Crippen molar-refractivity contribution in [3.63, 3.8) is 0 Å². The van der Waals surface area contributed by atoms with Gasteiger partial charge in [-0.25, -0.2) is 0 Å². The minimum absolute atomic E-state index is 0. The maximum absolute atomic E-state index is 4.83. The molecule has 0 aliphatic rings. The molecule has 0 aromatic carbocycles. The first kappa shape index (κ1) is 9.55. The van der Waals surface area contributed by atoms with Crippen molar-refractivity contribution in [2.24, 2.45) is 0 Å². The first-order chi connectivity index (χ1) is 5.25. The van der Waals surface area contributed by atoms with Gasteiger partial charge in [0.15, 0.2) is 0 Å². The average molecular weight is 265 g/mol. The van der Waals surface area contributed by atoms with Gasteiger partial charge in [-0.15, -0.1) is 18.3 Å². The summed E-state index contributed by atoms with van der Waals surface area (Å²) in [5, 5.41) is 0.941. The Hall–Kier alpha value is -0.537. The van der Waals surface area contributed by atoms with Crippen molar-refractivity contribution in [1.82, 2.24) is 15.0 Å². The Morgan fingerprint density at radius 3 is 3.00 bits per heavy atom. The molecule has 0 aliphatic heterocycles. The number of H-pyrrole nitrogens is 2. The second-order valence-corrected chi connectivity index (χ2v) is 2.78. The molecule has 0 saturated heterocycles. The summed E-state index contributed by atoms with van der Waals surface area (Å²) in [7, 11) is 0. The van der Waals surface area contributed by atoms with E-state index in [1.165, 1.54) is 0 Å². The molecule has 2 aromatic rings. The zero-order chi connectivity index (χ0) is 7.84. The predicted octanol–water partition coefficient (Wildman–Crippen LogP) is 1.73. The van der Waals surface area contributed by atoms with Crippen molar-refractivity contribution in [1.29, 1.82) is 0 Å². The average Bonchev–Trinajstić information content (AvgIpc) is 2.27. The Morgan fingerprint density at radius 2 is 2.25 bits per heavy atom. The molecule has 2 rings (SSSR count). The largest absolute Gasteiger partial charge is 1.00 e. The second kappa shape index (κ2) is 3.46. The Labute approximate surface area is 87.4 Å². The molecule has 0 saturated carbocycles. The summed E-state index contributed by atoms with van der Waals surface area (Å²) in [6.45, 7) is 1.98. The van der Waals surface area contributed by atoms with Crippen LogP contribution in [-0.2, 0) is 19.5 Å². The molecule has 0 unspecified atom stereocenters. The predicted molar refractivity (Wildman–Crippen MR) is 44.9 cm³/mol. The van der Waals surface area contributed by atoms with E-state index in [1.807, 2.05) is 13.0 Å². The maximum Gasteiger partial charge on any atom is 1.00 e. The van der Waals surface area contributed by atoms with Crippen LogP contribution in [0.3, 0.4) is 0 Å². The minimum Gasteiger partial charge on any atom is -0.397 e. The summed E-state index contributed by atoms with van der Waals surface area (Å²) in [4.78, 5) is 9.87. The third-order valence-corrected chi connectivity index (χ3v) is 1.66. The quantitative estimate of drug-likeness (QED) is 0.433. The fraction of sp³-hybridized carbons (Fsp3) is 0.143. The van der Waals surface area contributed by atoms with E-state index in [0.29, 0.717) is 4.77 Å². The van der Waals surface area contributed by atoms with Crippen LogP contribution in [0.25, 0.3) is 11.0 Å². The van der Waals surface area contributed by atoms with Gasteiger partial charge in [-0.1, -0.05) is 5.39 Å². The molecule has 2 N–H and O–H groups in total. The fourth-order valence-corrected chi connectivity index (χ4v) is 1.17. The second-order valence-electron chi connectivity index (χ2n) is 2.39. The standard InChI is InChI=1S/C7H6N3S.Ru/c1-4-2-5-3-8-7(11)10-6(5)9-4;/h2H,1H3,(H2,8,9,10,11);/q-1;+1. The number of rotatable bonds is 0. The third kappa shape index (κ3) is 1.62. The topological polar surface area (TPSA) is 44.5 Å². The van der Waals surface area contributed by atoms with Crippen molar-refractivity contribution < 1.29 is 19.5 Å². The normalized spacial score (nSPS) is 9.75. The smallest absolute Gasteiger partial charge is 0.397 e. The Kier molecular flexibility index (Phi) is 2.75. The Bertz CT molecular complexity index is 445. The van der Waals surface area contributed by atoms with Crippen LogP contribution in [0.15, 0.2) is 6.07 Å². The van der Waals surface area contributed by atoms with Crippen molar-refractivity contribution in [2.75, 3.05) is 0 Å². The summed E-state index contributed by atoms with van der Waals surface area (Å²) >= 11 is 4.83. The molecule has 0 spiro atoms. The Morgan fingerprint density at radius 1 is 1.50 bits per heavy atom. The number of nitrogens with zero attached hydrogens (tertiary/aromatic N) is 1. The van der Waals surface area contributed by atoms with E-state index >= 15 is 0 Å². The van der Waals surface area contributed by atoms with E-state index < -0.39 is 0 Å². The van der Waals surface area contributed by atoms with E-state index in [4.69, 9.17) is 12.2 Å². The van der Waals surface area contributed by atoms with Gasteiger partial charge >= 0.3 is 19.5 Å². The summed E-state index contributed by atoms with van der Waals surface area (Å²) in [5.74, 6) is 0. The molecule has 2 aromatic heterocycles. The van der Waals surface area contributed by atoms with Gasteiger partial charge in [-0.05, 0) is 18.8 Å². The third-order valence-electron chi connectivity index (χ3n) is 1.46. The number of hydrogen-bond acceptors (Lipinski definition) is 2. The van der Waals surface area contributed by atoms with Crippen LogP contribution < -0.4 is 0 Å². The van der Waals surface area contributed by atoms with Crippen LogP contribution >= 0.6 is 12.2 Å². The summed E-state index contributed by atoms with van der Waals surface area (Å²) in [5.41, 5.74) is 1.97. The molecule has 5 heteroatoms. The number of fused-ring (bicyclic) bond motifs is 1. The minimum atomic E-state index is 0. The van der Waals surface area contributed by atoms with E-state index in [1.54, 1.807) is 0 Å². The van der Waals surface area contributed by atoms with Crippen LogP contribution in [0.4, 0.5) is 0 Å². The molecule has 3 nitrogen and oxygen atoms in total. The van der Waals surface area contributed by atoms with Crippen LogP contribution in [0, 0.1) is 17.9 Å². The molecule has 0 fully saturated rings. The first-order valence-electron chi connectivity index (χ1n) is 3.23. The summed E-state index contributed by atoms with van der Waals surface area (Å²) in [6, 6.07) is 1.97. The molecule has 0 bridgehead atoms. The zero-order valence-corrected chi connectivity index (χ0v) is 8.84. The first-order valence-corrected chi connectivity index (χ1v) is 3.64. The van der Waals surface area contributed by atoms with Gasteiger partial charge in [0.2, 0.25) is 0 Å². The van der Waals surface area contributed by atoms with E-state index in [2.05, 4.69) is 21.1 Å². The molecular formula is C7H6N3RuS. The molecule has 1 radical (unpaired) electrons. The number of hydrogen-bond donors (Lipinski definition) is 2. The molecule has 0 atom stereocenters. The maximum atomic E-state index is 4.83. The van der Waals surface area contributed by atoms with Crippen LogP contribution in [-0.4, -0.2) is 15.0 Å². The van der Waals surface area contributed by atoms with Gasteiger partial charge in [-0.2, -0.15) is 0 Å². The van der Waals surface area contributed by atoms with E-state index in [0.717, 1.165) is 16.7 Å². The number of aryl methyl sites for hydroxylation is 1. The van der Waals surface area contributed by atoms with Gasteiger partial charge < -0.3 is 15.0 Å². The van der Waals surface area contributed by atoms with Gasteiger partial charge in [0.25, 0.3) is 0 Å². The molecular weight excluding hydrogens is 259 g/mol. The molecule has 12 heavy (non-hydrogen) atoms. The summed E-state index contributed by atoms with van der Waals surface area (Å²) < 4.78 is 0.458. The molecule has 0 amide bonds. The van der Waals surface area contributed by atoms with Crippen molar-refractivity contribution in [3.8, 4) is 0 Å². The van der Waals surface area contributed by atoms with Crippen molar-refractivity contribution >= 4 is 23.3 Å². The number of aromatic amines is 2. The van der Waals surface area contributed by atoms with Crippen LogP contribution in [0.1, 0.15) is 5.69 Å². The number of aromatic nitrogens is 3. The monoisotopic (exact) mass is 266 g/mol. The van der Waals surface area contributed by atoms with E-state index in [-0.39, 0.29) is 19.5 Å². The van der Waals surface area contributed by atoms with Crippen LogP contribution in [0.2, 0.25) is 0 Å². The number of nitrogens with one attached hydrogen (secondary N) is 2. The van der Waals surface area contributed by atoms with Gasteiger partial charge in [0, 0.05) is 5.65 Å².